The van der Waals surface area contributed by atoms with Crippen molar-refractivity contribution in [2.24, 2.45) is 5.92 Å². The molecule has 12 nitrogen and oxygen atoms in total. The average molecular weight is 453 g/mol. The van der Waals surface area contributed by atoms with Gasteiger partial charge in [-0.1, -0.05) is 5.92 Å². The second-order valence-corrected chi connectivity index (χ2v) is 6.82. The number of carbonyl (C=O) groups is 2. The molecule has 33 heavy (non-hydrogen) atoms. The van der Waals surface area contributed by atoms with Crippen molar-refractivity contribution in [1.82, 2.24) is 35.3 Å². The van der Waals surface area contributed by atoms with Gasteiger partial charge in [0.15, 0.2) is 28.9 Å². The first kappa shape index (κ1) is 15.3. The first-order valence-corrected chi connectivity index (χ1v) is 9.59. The van der Waals surface area contributed by atoms with Crippen LogP contribution in [0.3, 0.4) is 0 Å². The molecule has 1 fully saturated rings. The fourth-order valence-electron chi connectivity index (χ4n) is 2.89. The summed E-state index contributed by atoms with van der Waals surface area (Å²) < 4.78 is 51.1. The summed E-state index contributed by atoms with van der Waals surface area (Å²) in [6.45, 7) is -5.09. The Morgan fingerprint density at radius 2 is 2.30 bits per heavy atom. The van der Waals surface area contributed by atoms with E-state index < -0.39 is 25.1 Å². The first-order chi connectivity index (χ1) is 18.4. The number of nitrogens with zero attached hydrogens (tertiary/aromatic N) is 6. The number of amides is 2. The van der Waals surface area contributed by atoms with Crippen LogP contribution in [0.2, 0.25) is 0 Å². The minimum absolute atomic E-state index is 0.0214. The SMILES string of the molecule is [2H]C#CC([2H])([2H])n1cnc(-c2ccnc(Nc3cc(NC(=O)C4CC4)nnc3C(=O)NC([2H])([2H])[2H])c2OC)n1. The molecule has 0 atom stereocenters. The standard InChI is InChI=1S/C21H21N9O3/c1-4-9-30-11-24-18(29-30)13-7-8-23-19(17(13)33-3)25-14-10-15(26-20(31)12-5-6-12)27-28-16(14)21(32)22-2/h1,7-8,10-12H,5-6,9H2,2-3H3,(H,22,32)(H2,23,25,26,27,31)/i1D,2D3,9D2. The number of nitrogens with one attached hydrogen (secondary N) is 3. The molecule has 4 rings (SSSR count). The van der Waals surface area contributed by atoms with E-state index in [-0.39, 0.29) is 46.3 Å². The van der Waals surface area contributed by atoms with Crippen molar-refractivity contribution >= 4 is 29.1 Å². The van der Waals surface area contributed by atoms with Gasteiger partial charge in [0, 0.05) is 29.3 Å². The van der Waals surface area contributed by atoms with E-state index in [0.29, 0.717) is 0 Å². The summed E-state index contributed by atoms with van der Waals surface area (Å²) in [7, 11) is 1.34. The third-order valence-electron chi connectivity index (χ3n) is 4.59. The Bertz CT molecular complexity index is 1480. The summed E-state index contributed by atoms with van der Waals surface area (Å²) in [5.74, 6) is 0.809. The van der Waals surface area contributed by atoms with Crippen LogP contribution in [0.25, 0.3) is 11.4 Å². The zero-order valence-corrected chi connectivity index (χ0v) is 17.2. The van der Waals surface area contributed by atoms with Gasteiger partial charge >= 0.3 is 0 Å². The van der Waals surface area contributed by atoms with E-state index in [4.69, 9.17) is 13.0 Å². The zero-order chi connectivity index (χ0) is 28.4. The number of methoxy groups -OCH3 is 1. The average Bonchev–Trinajstić information content (AvgIpc) is 3.59. The second kappa shape index (κ2) is 9.31. The van der Waals surface area contributed by atoms with E-state index in [1.165, 1.54) is 25.4 Å². The molecule has 2 amide bonds. The lowest BCUT2D eigenvalue weighted by atomic mass is 10.2. The molecule has 1 aliphatic rings. The van der Waals surface area contributed by atoms with Gasteiger partial charge in [-0.3, -0.25) is 9.59 Å². The molecule has 1 aliphatic carbocycles. The van der Waals surface area contributed by atoms with Gasteiger partial charge in [-0.05, 0) is 18.9 Å². The van der Waals surface area contributed by atoms with E-state index in [0.717, 1.165) is 23.9 Å². The monoisotopic (exact) mass is 453 g/mol. The number of anilines is 3. The highest BCUT2D eigenvalue weighted by molar-refractivity contribution is 5.99. The molecule has 168 valence electrons. The van der Waals surface area contributed by atoms with Gasteiger partial charge in [-0.25, -0.2) is 14.6 Å². The topological polar surface area (TPSA) is 149 Å². The van der Waals surface area contributed by atoms with Gasteiger partial charge in [-0.2, -0.15) is 0 Å². The van der Waals surface area contributed by atoms with Gasteiger partial charge in [0.2, 0.25) is 5.91 Å². The number of terminal acetylenes is 1. The molecule has 3 heterocycles. The highest BCUT2D eigenvalue weighted by Crippen LogP contribution is 2.35. The summed E-state index contributed by atoms with van der Waals surface area (Å²) >= 11 is 0. The summed E-state index contributed by atoms with van der Waals surface area (Å²) in [6.07, 6.45) is 5.72. The van der Waals surface area contributed by atoms with Crippen LogP contribution in [-0.4, -0.2) is 55.8 Å². The molecule has 0 aliphatic heterocycles. The van der Waals surface area contributed by atoms with Crippen LogP contribution < -0.4 is 20.7 Å². The summed E-state index contributed by atoms with van der Waals surface area (Å²) in [5, 5.41) is 19.1. The number of hydrogen-bond acceptors (Lipinski definition) is 9. The Hall–Kier alpha value is -4.53. The predicted octanol–water partition coefficient (Wildman–Crippen LogP) is 1.22. The zero-order valence-electron chi connectivity index (χ0n) is 23.2. The quantitative estimate of drug-likeness (QED) is 0.428. The molecular formula is C21H21N9O3. The van der Waals surface area contributed by atoms with Crippen LogP contribution in [-0.2, 0) is 11.3 Å². The van der Waals surface area contributed by atoms with E-state index in [2.05, 4.69) is 41.8 Å². The smallest absolute Gasteiger partial charge is 0.273 e. The molecule has 3 aromatic heterocycles. The summed E-state index contributed by atoms with van der Waals surface area (Å²) in [6, 6.07) is 2.81. The van der Waals surface area contributed by atoms with Gasteiger partial charge in [0.25, 0.3) is 5.91 Å². The Labute approximate surface area is 197 Å². The number of hydrogen-bond donors (Lipinski definition) is 3. The van der Waals surface area contributed by atoms with Gasteiger partial charge in [-0.15, -0.1) is 21.7 Å². The van der Waals surface area contributed by atoms with E-state index >= 15 is 0 Å². The highest BCUT2D eigenvalue weighted by Gasteiger charge is 2.30. The number of pyridine rings is 1. The van der Waals surface area contributed by atoms with Crippen LogP contribution in [0.15, 0.2) is 24.7 Å². The maximum atomic E-state index is 12.7. The summed E-state index contributed by atoms with van der Waals surface area (Å²) in [4.78, 5) is 33.2. The molecule has 0 spiro atoms. The van der Waals surface area contributed by atoms with E-state index in [9.17, 15) is 9.59 Å². The third kappa shape index (κ3) is 4.72. The molecule has 3 N–H and O–H groups in total. The van der Waals surface area contributed by atoms with Gasteiger partial charge in [0.05, 0.1) is 21.1 Å². The molecule has 0 saturated heterocycles. The van der Waals surface area contributed by atoms with Crippen molar-refractivity contribution < 1.29 is 22.6 Å². The molecule has 0 bridgehead atoms. The largest absolute Gasteiger partial charge is 0.492 e. The number of ether oxygens (including phenoxy) is 1. The van der Waals surface area contributed by atoms with E-state index in [1.807, 2.05) is 5.32 Å². The Balaban J connectivity index is 1.72. The molecule has 3 aromatic rings. The normalized spacial score (nSPS) is 15.8. The minimum Gasteiger partial charge on any atom is -0.492 e. The van der Waals surface area contributed by atoms with E-state index in [1.54, 1.807) is 6.40 Å². The Morgan fingerprint density at radius 1 is 1.42 bits per heavy atom. The molecule has 0 radical (unpaired) electrons. The van der Waals surface area contributed by atoms with Crippen molar-refractivity contribution in [2.45, 2.75) is 19.3 Å². The molecule has 12 heteroatoms. The first-order valence-electron chi connectivity index (χ1n) is 12.6. The fourth-order valence-corrected chi connectivity index (χ4v) is 2.89. The Morgan fingerprint density at radius 3 is 3.06 bits per heavy atom. The lowest BCUT2D eigenvalue weighted by molar-refractivity contribution is -0.117. The number of aromatic nitrogens is 6. The maximum Gasteiger partial charge on any atom is 0.273 e. The number of rotatable bonds is 8. The summed E-state index contributed by atoms with van der Waals surface area (Å²) in [5.41, 5.74) is -0.156. The van der Waals surface area contributed by atoms with Crippen LogP contribution >= 0.6 is 0 Å². The van der Waals surface area contributed by atoms with Crippen molar-refractivity contribution in [1.29, 1.82) is 0 Å². The lowest BCUT2D eigenvalue weighted by Gasteiger charge is -2.15. The molecule has 0 unspecified atom stereocenters. The Kier molecular flexibility index (Phi) is 4.32. The van der Waals surface area contributed by atoms with Crippen LogP contribution in [0.5, 0.6) is 5.75 Å². The molecular weight excluding hydrogens is 426 g/mol. The van der Waals surface area contributed by atoms with Crippen molar-refractivity contribution in [3.8, 4) is 29.5 Å². The van der Waals surface area contributed by atoms with Gasteiger partial charge in [0.1, 0.15) is 14.2 Å². The van der Waals surface area contributed by atoms with Crippen LogP contribution in [0.4, 0.5) is 17.3 Å². The highest BCUT2D eigenvalue weighted by atomic mass is 16.5. The maximum absolute atomic E-state index is 12.7. The molecule has 1 saturated carbocycles. The van der Waals surface area contributed by atoms with Crippen molar-refractivity contribution in [2.75, 3.05) is 24.7 Å². The van der Waals surface area contributed by atoms with Crippen molar-refractivity contribution in [3.63, 3.8) is 0 Å². The lowest BCUT2D eigenvalue weighted by Crippen LogP contribution is -2.22. The number of carbonyl (C=O) groups excluding carboxylic acids is 2. The third-order valence-corrected chi connectivity index (χ3v) is 4.59. The molecule has 0 aromatic carbocycles. The van der Waals surface area contributed by atoms with Gasteiger partial charge < -0.3 is 20.7 Å². The second-order valence-electron chi connectivity index (χ2n) is 6.82. The minimum atomic E-state index is -2.80. The fraction of sp³-hybridized carbons (Fsp3) is 0.286. The predicted molar refractivity (Wildman–Crippen MR) is 119 cm³/mol. The van der Waals surface area contributed by atoms with Crippen LogP contribution in [0.1, 0.15) is 31.6 Å². The van der Waals surface area contributed by atoms with Crippen LogP contribution in [0, 0.1) is 18.2 Å². The van der Waals surface area contributed by atoms with Crippen molar-refractivity contribution in [3.05, 3.63) is 30.4 Å².